The van der Waals surface area contributed by atoms with Crippen molar-refractivity contribution < 1.29 is 10.0 Å². The van der Waals surface area contributed by atoms with Crippen LogP contribution in [0.1, 0.15) is 49.0 Å². The minimum atomic E-state index is -0.394. The van der Waals surface area contributed by atoms with Gasteiger partial charge in [-0.15, -0.1) is 6.58 Å². The number of aryl methyl sites for hydroxylation is 1. The Labute approximate surface area is 157 Å². The molecular weight excluding hydrogens is 322 g/mol. The van der Waals surface area contributed by atoms with Crippen LogP contribution in [0.2, 0.25) is 0 Å². The summed E-state index contributed by atoms with van der Waals surface area (Å²) in [5, 5.41) is 11.0. The Morgan fingerprint density at radius 3 is 2.50 bits per heavy atom. The van der Waals surface area contributed by atoms with Gasteiger partial charge >= 0.3 is 0 Å². The average molecular weight is 354 g/mol. The predicted molar refractivity (Wildman–Crippen MR) is 107 cm³/mol. The van der Waals surface area contributed by atoms with Crippen molar-refractivity contribution in [1.82, 2.24) is 5.06 Å². The maximum Gasteiger partial charge on any atom is 0.277 e. The predicted octanol–water partition coefficient (Wildman–Crippen LogP) is 5.57. The highest BCUT2D eigenvalue weighted by Gasteiger charge is 2.39. The molecule has 1 aliphatic carbocycles. The minimum Gasteiger partial charge on any atom is -0.285 e. The van der Waals surface area contributed by atoms with Gasteiger partial charge in [0.2, 0.25) is 0 Å². The molecule has 1 aliphatic rings. The van der Waals surface area contributed by atoms with E-state index in [4.69, 9.17) is 0 Å². The highest BCUT2D eigenvalue weighted by molar-refractivity contribution is 5.93. The van der Waals surface area contributed by atoms with Gasteiger partial charge in [0, 0.05) is 5.56 Å². The van der Waals surface area contributed by atoms with Crippen LogP contribution in [0.25, 0.3) is 0 Å². The lowest BCUT2D eigenvalue weighted by molar-refractivity contribution is -0.0532. The van der Waals surface area contributed by atoms with Crippen molar-refractivity contribution in [3.05, 3.63) is 72.4 Å². The fourth-order valence-corrected chi connectivity index (χ4v) is 3.95. The number of hydroxylamine groups is 2. The number of carbonyl (C=O) groups is 1. The molecule has 1 aromatic carbocycles. The first-order chi connectivity index (χ1) is 12.2. The fourth-order valence-electron chi connectivity index (χ4n) is 3.95. The summed E-state index contributed by atoms with van der Waals surface area (Å²) in [6.45, 7) is 18.8. The van der Waals surface area contributed by atoms with E-state index < -0.39 is 5.91 Å². The molecule has 1 amide bonds. The molecule has 0 spiro atoms. The second-order valence-electron chi connectivity index (χ2n) is 7.97. The largest absolute Gasteiger partial charge is 0.285 e. The van der Waals surface area contributed by atoms with Gasteiger partial charge in [-0.2, -0.15) is 0 Å². The summed E-state index contributed by atoms with van der Waals surface area (Å²) in [4.78, 5) is 12.4. The van der Waals surface area contributed by atoms with Crippen molar-refractivity contribution in [2.75, 3.05) is 6.54 Å². The number of rotatable bonds is 6. The molecule has 0 bridgehead atoms. The van der Waals surface area contributed by atoms with E-state index in [0.717, 1.165) is 41.0 Å². The van der Waals surface area contributed by atoms with Gasteiger partial charge in [0.05, 0.1) is 6.54 Å². The molecule has 26 heavy (non-hydrogen) atoms. The third-order valence-electron chi connectivity index (χ3n) is 5.87. The number of benzene rings is 1. The topological polar surface area (TPSA) is 40.5 Å². The summed E-state index contributed by atoms with van der Waals surface area (Å²) in [6.07, 6.45) is 4.97. The molecule has 1 aromatic rings. The van der Waals surface area contributed by atoms with Gasteiger partial charge in [0.15, 0.2) is 0 Å². The zero-order valence-electron chi connectivity index (χ0n) is 16.3. The van der Waals surface area contributed by atoms with Gasteiger partial charge in [-0.1, -0.05) is 55.0 Å². The smallest absolute Gasteiger partial charge is 0.277 e. The van der Waals surface area contributed by atoms with Crippen molar-refractivity contribution in [3.63, 3.8) is 0 Å². The molecule has 0 heterocycles. The molecule has 0 saturated heterocycles. The normalized spacial score (nSPS) is 25.4. The van der Waals surface area contributed by atoms with Gasteiger partial charge < -0.3 is 0 Å². The lowest BCUT2D eigenvalue weighted by Gasteiger charge is -2.44. The van der Waals surface area contributed by atoms with Crippen molar-refractivity contribution in [1.29, 1.82) is 0 Å². The first kappa shape index (κ1) is 20.2. The van der Waals surface area contributed by atoms with E-state index >= 15 is 0 Å². The molecule has 1 fully saturated rings. The van der Waals surface area contributed by atoms with Crippen LogP contribution in [0.4, 0.5) is 0 Å². The number of nitrogens with zero attached hydrogens (tertiary/aromatic N) is 1. The molecule has 0 radical (unpaired) electrons. The van der Waals surface area contributed by atoms with E-state index in [-0.39, 0.29) is 17.9 Å². The molecule has 1 N–H and O–H groups in total. The van der Waals surface area contributed by atoms with E-state index in [0.29, 0.717) is 11.5 Å². The summed E-state index contributed by atoms with van der Waals surface area (Å²) in [6, 6.07) is 7.20. The van der Waals surface area contributed by atoms with Crippen LogP contribution in [-0.2, 0) is 0 Å². The number of carbonyl (C=O) groups excluding carboxylic acids is 1. The Kier molecular flexibility index (Phi) is 6.25. The molecule has 0 aromatic heterocycles. The Bertz CT molecular complexity index is 703. The van der Waals surface area contributed by atoms with Crippen molar-refractivity contribution >= 4 is 5.91 Å². The first-order valence-corrected chi connectivity index (χ1v) is 9.22. The SMILES string of the molecule is C=C[C@]1(C)CC[C@@H](C(=C)CN(O)C(=O)c2ccc(C)cc2)C[C@H]1C(=C)C. The van der Waals surface area contributed by atoms with Crippen LogP contribution in [0, 0.1) is 24.2 Å². The summed E-state index contributed by atoms with van der Waals surface area (Å²) < 4.78 is 0. The standard InChI is InChI=1S/C23H31NO2/c1-7-23(6)13-12-20(14-21(23)16(2)3)18(5)15-24(26)22(25)19-10-8-17(4)9-11-19/h7-11,20-21,26H,1-2,5,12-15H2,3-4,6H3/t20-,21+,23-/m1/s1. The van der Waals surface area contributed by atoms with Crippen LogP contribution in [0.5, 0.6) is 0 Å². The van der Waals surface area contributed by atoms with E-state index in [2.05, 4.69) is 33.6 Å². The Morgan fingerprint density at radius 1 is 1.35 bits per heavy atom. The minimum absolute atomic E-state index is 0.0548. The Balaban J connectivity index is 2.03. The van der Waals surface area contributed by atoms with Crippen molar-refractivity contribution in [2.24, 2.45) is 17.3 Å². The van der Waals surface area contributed by atoms with Crippen LogP contribution >= 0.6 is 0 Å². The second kappa shape index (κ2) is 8.05. The van der Waals surface area contributed by atoms with Crippen molar-refractivity contribution in [2.45, 2.75) is 40.0 Å². The molecule has 3 heteroatoms. The number of amides is 1. The molecule has 1 saturated carbocycles. The quantitative estimate of drug-likeness (QED) is 0.413. The zero-order chi connectivity index (χ0) is 19.5. The van der Waals surface area contributed by atoms with Crippen LogP contribution in [-0.4, -0.2) is 22.7 Å². The molecule has 0 unspecified atom stereocenters. The average Bonchev–Trinajstić information content (AvgIpc) is 2.61. The summed E-state index contributed by atoms with van der Waals surface area (Å²) >= 11 is 0. The third-order valence-corrected chi connectivity index (χ3v) is 5.87. The number of hydrogen-bond acceptors (Lipinski definition) is 2. The lowest BCUT2D eigenvalue weighted by atomic mass is 9.61. The molecule has 3 nitrogen and oxygen atoms in total. The van der Waals surface area contributed by atoms with E-state index in [9.17, 15) is 10.0 Å². The number of allylic oxidation sites excluding steroid dienone is 2. The van der Waals surface area contributed by atoms with E-state index in [1.54, 1.807) is 12.1 Å². The van der Waals surface area contributed by atoms with Gasteiger partial charge in [0.25, 0.3) is 5.91 Å². The molecule has 140 valence electrons. The van der Waals surface area contributed by atoms with E-state index in [1.807, 2.05) is 25.1 Å². The maximum absolute atomic E-state index is 12.4. The third kappa shape index (κ3) is 4.34. The molecule has 3 atom stereocenters. The highest BCUT2D eigenvalue weighted by atomic mass is 16.5. The van der Waals surface area contributed by atoms with Crippen LogP contribution in [0.15, 0.2) is 61.2 Å². The van der Waals surface area contributed by atoms with E-state index in [1.165, 1.54) is 0 Å². The number of hydrogen-bond donors (Lipinski definition) is 1. The second-order valence-corrected chi connectivity index (χ2v) is 7.97. The summed E-state index contributed by atoms with van der Waals surface area (Å²) in [7, 11) is 0. The Morgan fingerprint density at radius 2 is 1.96 bits per heavy atom. The maximum atomic E-state index is 12.4. The molecule has 0 aliphatic heterocycles. The first-order valence-electron chi connectivity index (χ1n) is 9.22. The van der Waals surface area contributed by atoms with Crippen molar-refractivity contribution in [3.8, 4) is 0 Å². The molecule has 2 rings (SSSR count). The highest BCUT2D eigenvalue weighted by Crippen LogP contribution is 2.48. The Hall–Kier alpha value is -2.13. The zero-order valence-corrected chi connectivity index (χ0v) is 16.3. The molecular formula is C23H31NO2. The fraction of sp³-hybridized carbons (Fsp3) is 0.435. The lowest BCUT2D eigenvalue weighted by Crippen LogP contribution is -2.36. The summed E-state index contributed by atoms with van der Waals surface area (Å²) in [5.41, 5.74) is 3.66. The monoisotopic (exact) mass is 353 g/mol. The van der Waals surface area contributed by atoms with Crippen LogP contribution < -0.4 is 0 Å². The van der Waals surface area contributed by atoms with Gasteiger partial charge in [0.1, 0.15) is 0 Å². The summed E-state index contributed by atoms with van der Waals surface area (Å²) in [5.74, 6) is 0.218. The van der Waals surface area contributed by atoms with Gasteiger partial charge in [-0.25, -0.2) is 5.06 Å². The van der Waals surface area contributed by atoms with Crippen LogP contribution in [0.3, 0.4) is 0 Å². The van der Waals surface area contributed by atoms with Gasteiger partial charge in [-0.3, -0.25) is 10.0 Å². The van der Waals surface area contributed by atoms with Gasteiger partial charge in [-0.05, 0) is 62.5 Å².